The van der Waals surface area contributed by atoms with Gasteiger partial charge in [0.05, 0.1) is 0 Å². The van der Waals surface area contributed by atoms with Crippen LogP contribution in [0.2, 0.25) is 0 Å². The van der Waals surface area contributed by atoms with Gasteiger partial charge in [-0.15, -0.1) is 0 Å². The Balaban J connectivity index is 1.58. The molecule has 1 saturated carbocycles. The van der Waals surface area contributed by atoms with E-state index < -0.39 is 0 Å². The van der Waals surface area contributed by atoms with Crippen molar-refractivity contribution >= 4 is 11.8 Å². The summed E-state index contributed by atoms with van der Waals surface area (Å²) >= 11 is 2.07. The lowest BCUT2D eigenvalue weighted by Gasteiger charge is -2.06. The maximum Gasteiger partial charge on any atom is 0.0143 e. The van der Waals surface area contributed by atoms with Crippen LogP contribution < -0.4 is 5.32 Å². The largest absolute Gasteiger partial charge is 0.313 e. The Morgan fingerprint density at radius 1 is 1.29 bits per heavy atom. The van der Waals surface area contributed by atoms with E-state index in [1.54, 1.807) is 0 Å². The number of thioether (sulfide) groups is 1. The number of benzene rings is 1. The highest BCUT2D eigenvalue weighted by Crippen LogP contribution is 2.40. The molecule has 2 rings (SSSR count). The monoisotopic (exact) mass is 249 g/mol. The summed E-state index contributed by atoms with van der Waals surface area (Å²) in [6, 6.07) is 11.6. The van der Waals surface area contributed by atoms with Crippen LogP contribution in [0.15, 0.2) is 30.3 Å². The number of nitrogens with one attached hydrogen (secondary N) is 1. The van der Waals surface area contributed by atoms with Gasteiger partial charge in [0, 0.05) is 24.3 Å². The standard InChI is InChI=1S/C15H23NS/c1-12(2)11-17-9-8-16-15-10-14(15)13-6-4-3-5-7-13/h3-7,12,14-16H,8-11H2,1-2H3/t14?,15-/m0/s1. The zero-order valence-corrected chi connectivity index (χ0v) is 11.7. The summed E-state index contributed by atoms with van der Waals surface area (Å²) < 4.78 is 0. The molecule has 0 heterocycles. The minimum absolute atomic E-state index is 0.733. The van der Waals surface area contributed by atoms with Gasteiger partial charge >= 0.3 is 0 Å². The lowest BCUT2D eigenvalue weighted by molar-refractivity contribution is 0.705. The summed E-state index contributed by atoms with van der Waals surface area (Å²) in [5.74, 6) is 4.12. The van der Waals surface area contributed by atoms with Crippen molar-refractivity contribution in [1.82, 2.24) is 5.32 Å². The van der Waals surface area contributed by atoms with Gasteiger partial charge in [0.1, 0.15) is 0 Å². The van der Waals surface area contributed by atoms with Gasteiger partial charge in [-0.1, -0.05) is 44.2 Å². The summed E-state index contributed by atoms with van der Waals surface area (Å²) in [5, 5.41) is 3.66. The summed E-state index contributed by atoms with van der Waals surface area (Å²) in [7, 11) is 0. The molecule has 1 N–H and O–H groups in total. The fourth-order valence-corrected chi connectivity index (χ4v) is 3.03. The maximum absolute atomic E-state index is 3.66. The zero-order chi connectivity index (χ0) is 12.1. The average Bonchev–Trinajstić information content (AvgIpc) is 3.09. The van der Waals surface area contributed by atoms with Crippen LogP contribution in [0, 0.1) is 5.92 Å². The van der Waals surface area contributed by atoms with Gasteiger partial charge in [-0.3, -0.25) is 0 Å². The summed E-state index contributed by atoms with van der Waals surface area (Å²) in [4.78, 5) is 0. The molecule has 0 aliphatic heterocycles. The van der Waals surface area contributed by atoms with Crippen LogP contribution in [-0.2, 0) is 0 Å². The topological polar surface area (TPSA) is 12.0 Å². The fourth-order valence-electron chi connectivity index (χ4n) is 2.12. The van der Waals surface area contributed by atoms with E-state index in [0.29, 0.717) is 0 Å². The SMILES string of the molecule is CC(C)CSCCN[C@H]1CC1c1ccccc1. The minimum Gasteiger partial charge on any atom is -0.313 e. The first-order valence-corrected chi connectivity index (χ1v) is 7.79. The molecule has 0 aromatic heterocycles. The van der Waals surface area contributed by atoms with Crippen molar-refractivity contribution in [1.29, 1.82) is 0 Å². The molecule has 0 spiro atoms. The van der Waals surface area contributed by atoms with Crippen molar-refractivity contribution in [3.8, 4) is 0 Å². The third-order valence-electron chi connectivity index (χ3n) is 3.12. The average molecular weight is 249 g/mol. The van der Waals surface area contributed by atoms with Gasteiger partial charge in [-0.05, 0) is 23.7 Å². The molecule has 0 bridgehead atoms. The Labute approximate surface area is 109 Å². The molecule has 1 aromatic carbocycles. The molecule has 17 heavy (non-hydrogen) atoms. The highest BCUT2D eigenvalue weighted by molar-refractivity contribution is 7.99. The molecule has 0 radical (unpaired) electrons. The zero-order valence-electron chi connectivity index (χ0n) is 10.9. The van der Waals surface area contributed by atoms with Crippen molar-refractivity contribution in [2.45, 2.75) is 32.2 Å². The van der Waals surface area contributed by atoms with Crippen LogP contribution in [0.3, 0.4) is 0 Å². The molecule has 1 aromatic rings. The third kappa shape index (κ3) is 4.36. The van der Waals surface area contributed by atoms with E-state index in [1.165, 1.54) is 23.5 Å². The lowest BCUT2D eigenvalue weighted by atomic mass is 10.1. The number of hydrogen-bond donors (Lipinski definition) is 1. The summed E-state index contributed by atoms with van der Waals surface area (Å²) in [6.07, 6.45) is 1.32. The molecule has 2 heteroatoms. The van der Waals surface area contributed by atoms with Crippen LogP contribution in [0.25, 0.3) is 0 Å². The van der Waals surface area contributed by atoms with Gasteiger partial charge in [0.25, 0.3) is 0 Å². The van der Waals surface area contributed by atoms with Crippen molar-refractivity contribution in [3.05, 3.63) is 35.9 Å². The van der Waals surface area contributed by atoms with Crippen LogP contribution in [0.1, 0.15) is 31.7 Å². The fraction of sp³-hybridized carbons (Fsp3) is 0.600. The number of hydrogen-bond acceptors (Lipinski definition) is 2. The highest BCUT2D eigenvalue weighted by Gasteiger charge is 2.37. The molecule has 1 fully saturated rings. The normalized spacial score (nSPS) is 23.0. The highest BCUT2D eigenvalue weighted by atomic mass is 32.2. The van der Waals surface area contributed by atoms with E-state index in [0.717, 1.165) is 24.4 Å². The number of rotatable bonds is 7. The second-order valence-corrected chi connectivity index (χ2v) is 6.43. The quantitative estimate of drug-likeness (QED) is 0.742. The van der Waals surface area contributed by atoms with Gasteiger partial charge in [0.2, 0.25) is 0 Å². The first kappa shape index (κ1) is 13.0. The Morgan fingerprint density at radius 2 is 2.06 bits per heavy atom. The molecule has 94 valence electrons. The summed E-state index contributed by atoms with van der Waals surface area (Å²) in [5.41, 5.74) is 1.50. The van der Waals surface area contributed by atoms with Crippen LogP contribution in [0.4, 0.5) is 0 Å². The molecular weight excluding hydrogens is 226 g/mol. The maximum atomic E-state index is 3.66. The molecule has 1 unspecified atom stereocenters. The van der Waals surface area contributed by atoms with E-state index in [-0.39, 0.29) is 0 Å². The second kappa shape index (κ2) is 6.46. The van der Waals surface area contributed by atoms with E-state index in [1.807, 2.05) is 0 Å². The first-order valence-electron chi connectivity index (χ1n) is 6.63. The Morgan fingerprint density at radius 3 is 2.76 bits per heavy atom. The molecule has 1 aliphatic carbocycles. The molecule has 2 atom stereocenters. The van der Waals surface area contributed by atoms with E-state index in [9.17, 15) is 0 Å². The molecule has 0 saturated heterocycles. The molecular formula is C15H23NS. The molecule has 1 nitrogen and oxygen atoms in total. The van der Waals surface area contributed by atoms with E-state index in [2.05, 4.69) is 61.3 Å². The molecule has 1 aliphatic rings. The van der Waals surface area contributed by atoms with E-state index in [4.69, 9.17) is 0 Å². The first-order chi connectivity index (χ1) is 8.27. The van der Waals surface area contributed by atoms with Crippen molar-refractivity contribution in [3.63, 3.8) is 0 Å². The Kier molecular flexibility index (Phi) is 4.93. The smallest absolute Gasteiger partial charge is 0.0143 e. The van der Waals surface area contributed by atoms with Crippen molar-refractivity contribution in [2.75, 3.05) is 18.1 Å². The Hall–Kier alpha value is -0.470. The van der Waals surface area contributed by atoms with Crippen LogP contribution in [0.5, 0.6) is 0 Å². The minimum atomic E-state index is 0.733. The van der Waals surface area contributed by atoms with Gasteiger partial charge in [-0.25, -0.2) is 0 Å². The van der Waals surface area contributed by atoms with E-state index >= 15 is 0 Å². The van der Waals surface area contributed by atoms with Crippen molar-refractivity contribution < 1.29 is 0 Å². The van der Waals surface area contributed by atoms with Crippen molar-refractivity contribution in [2.24, 2.45) is 5.92 Å². The lowest BCUT2D eigenvalue weighted by Crippen LogP contribution is -2.21. The van der Waals surface area contributed by atoms with Gasteiger partial charge < -0.3 is 5.32 Å². The van der Waals surface area contributed by atoms with Crippen LogP contribution in [-0.4, -0.2) is 24.1 Å². The molecule has 0 amide bonds. The second-order valence-electron chi connectivity index (χ2n) is 5.28. The summed E-state index contributed by atoms with van der Waals surface area (Å²) in [6.45, 7) is 5.73. The van der Waals surface area contributed by atoms with Gasteiger partial charge in [0.15, 0.2) is 0 Å². The third-order valence-corrected chi connectivity index (χ3v) is 4.52. The van der Waals surface area contributed by atoms with Crippen LogP contribution >= 0.6 is 11.8 Å². The predicted octanol–water partition coefficient (Wildman–Crippen LogP) is 3.52. The van der Waals surface area contributed by atoms with Gasteiger partial charge in [-0.2, -0.15) is 11.8 Å². The predicted molar refractivity (Wildman–Crippen MR) is 77.8 cm³/mol. The Bertz CT molecular complexity index is 323.